The average Bonchev–Trinajstić information content (AvgIpc) is 2.49. The molecule has 0 N–H and O–H groups in total. The van der Waals surface area contributed by atoms with Gasteiger partial charge in [0.1, 0.15) is 0 Å². The summed E-state index contributed by atoms with van der Waals surface area (Å²) in [6.45, 7) is 16.2. The molecule has 0 unspecified atom stereocenters. The minimum atomic E-state index is 0.303. The molecule has 3 nitrogen and oxygen atoms in total. The highest BCUT2D eigenvalue weighted by Crippen LogP contribution is 2.23. The van der Waals surface area contributed by atoms with Crippen molar-refractivity contribution in [1.29, 1.82) is 0 Å². The number of piperidine rings is 2. The first-order valence-corrected chi connectivity index (χ1v) is 9.07. The van der Waals surface area contributed by atoms with Gasteiger partial charge in [-0.2, -0.15) is 0 Å². The monoisotopic (exact) mass is 296 g/mol. The van der Waals surface area contributed by atoms with Crippen LogP contribution in [0.15, 0.2) is 0 Å². The van der Waals surface area contributed by atoms with E-state index in [1.807, 2.05) is 13.8 Å². The molecule has 0 aromatic rings. The van der Waals surface area contributed by atoms with E-state index < -0.39 is 0 Å². The van der Waals surface area contributed by atoms with Gasteiger partial charge < -0.3 is 9.80 Å². The van der Waals surface area contributed by atoms with E-state index in [-0.39, 0.29) is 0 Å². The summed E-state index contributed by atoms with van der Waals surface area (Å²) in [6.07, 6.45) is 4.52. The Bertz CT molecular complexity index is 288. The van der Waals surface area contributed by atoms with Gasteiger partial charge in [-0.15, -0.1) is 0 Å². The summed E-state index contributed by atoms with van der Waals surface area (Å²) in [7, 11) is 0. The topological polar surface area (TPSA) is 23.6 Å². The molecule has 2 aliphatic heterocycles. The van der Waals surface area contributed by atoms with Crippen molar-refractivity contribution in [2.24, 2.45) is 17.8 Å². The van der Waals surface area contributed by atoms with Gasteiger partial charge in [0.05, 0.1) is 0 Å². The van der Waals surface area contributed by atoms with Crippen LogP contribution in [0.25, 0.3) is 0 Å². The fraction of sp³-hybridized carbons (Fsp3) is 0.944. The van der Waals surface area contributed by atoms with Crippen LogP contribution >= 0.6 is 0 Å². The number of likely N-dealkylation sites (tertiary alicyclic amines) is 2. The molecular formula is C18H36N2O. The first kappa shape index (κ1) is 18.5. The lowest BCUT2D eigenvalue weighted by Gasteiger charge is -2.37. The first-order valence-electron chi connectivity index (χ1n) is 9.07. The van der Waals surface area contributed by atoms with Gasteiger partial charge in [-0.05, 0) is 50.6 Å². The largest absolute Gasteiger partial charge is 0.342 e. The molecule has 0 spiro atoms. The van der Waals surface area contributed by atoms with Gasteiger partial charge in [0.25, 0.3) is 0 Å². The van der Waals surface area contributed by atoms with Crippen LogP contribution < -0.4 is 0 Å². The number of carbonyl (C=O) groups is 1. The minimum Gasteiger partial charge on any atom is -0.342 e. The smallest absolute Gasteiger partial charge is 0.225 e. The zero-order valence-corrected chi connectivity index (χ0v) is 14.9. The first-order chi connectivity index (χ1) is 10.1. The molecule has 2 heterocycles. The highest BCUT2D eigenvalue weighted by Gasteiger charge is 2.30. The molecule has 2 fully saturated rings. The van der Waals surface area contributed by atoms with E-state index in [1.54, 1.807) is 0 Å². The molecular weight excluding hydrogens is 260 g/mol. The molecule has 0 aromatic heterocycles. The number of carbonyl (C=O) groups excluding carboxylic acids is 1. The second-order valence-corrected chi connectivity index (χ2v) is 6.98. The highest BCUT2D eigenvalue weighted by atomic mass is 16.2. The zero-order chi connectivity index (χ0) is 15.8. The Kier molecular flexibility index (Phi) is 8.31. The highest BCUT2D eigenvalue weighted by molar-refractivity contribution is 5.79. The predicted molar refractivity (Wildman–Crippen MR) is 90.3 cm³/mol. The van der Waals surface area contributed by atoms with Gasteiger partial charge >= 0.3 is 0 Å². The standard InChI is InChI=1S/C16H30N2O.C2H6/c1-13(2)12-17-8-6-15(7-9-17)16(19)18-10-4-14(3)5-11-18;1-2/h13-15H,4-12H2,1-3H3;1-2H3. The Balaban J connectivity index is 0.00000106. The summed E-state index contributed by atoms with van der Waals surface area (Å²) >= 11 is 0. The SMILES string of the molecule is CC.CC(C)CN1CCC(C(=O)N2CCC(C)CC2)CC1. The van der Waals surface area contributed by atoms with E-state index in [9.17, 15) is 4.79 Å². The van der Waals surface area contributed by atoms with Crippen molar-refractivity contribution in [1.82, 2.24) is 9.80 Å². The summed E-state index contributed by atoms with van der Waals surface area (Å²) in [4.78, 5) is 17.1. The molecule has 2 saturated heterocycles. The molecule has 21 heavy (non-hydrogen) atoms. The maximum absolute atomic E-state index is 12.5. The Morgan fingerprint density at radius 1 is 1.00 bits per heavy atom. The number of rotatable bonds is 3. The lowest BCUT2D eigenvalue weighted by Crippen LogP contribution is -2.45. The van der Waals surface area contributed by atoms with Gasteiger partial charge in [-0.3, -0.25) is 4.79 Å². The van der Waals surface area contributed by atoms with E-state index in [4.69, 9.17) is 0 Å². The van der Waals surface area contributed by atoms with Crippen LogP contribution in [-0.2, 0) is 4.79 Å². The van der Waals surface area contributed by atoms with Gasteiger partial charge in [0.15, 0.2) is 0 Å². The minimum absolute atomic E-state index is 0.303. The van der Waals surface area contributed by atoms with E-state index in [1.165, 1.54) is 19.4 Å². The fourth-order valence-electron chi connectivity index (χ4n) is 3.37. The quantitative estimate of drug-likeness (QED) is 0.794. The summed E-state index contributed by atoms with van der Waals surface area (Å²) in [5, 5.41) is 0. The molecule has 1 amide bonds. The van der Waals surface area contributed by atoms with E-state index in [0.29, 0.717) is 11.8 Å². The van der Waals surface area contributed by atoms with Crippen LogP contribution in [0.3, 0.4) is 0 Å². The van der Waals surface area contributed by atoms with Crippen LogP contribution in [0.2, 0.25) is 0 Å². The van der Waals surface area contributed by atoms with Crippen molar-refractivity contribution in [2.75, 3.05) is 32.7 Å². The molecule has 0 saturated carbocycles. The van der Waals surface area contributed by atoms with Crippen molar-refractivity contribution in [2.45, 2.75) is 60.3 Å². The number of hydrogen-bond donors (Lipinski definition) is 0. The molecule has 2 aliphatic rings. The summed E-state index contributed by atoms with van der Waals surface area (Å²) in [5.74, 6) is 2.28. The van der Waals surface area contributed by atoms with Crippen LogP contribution in [0.4, 0.5) is 0 Å². The fourth-order valence-corrected chi connectivity index (χ4v) is 3.37. The summed E-state index contributed by atoms with van der Waals surface area (Å²) < 4.78 is 0. The van der Waals surface area contributed by atoms with E-state index >= 15 is 0 Å². The average molecular weight is 296 g/mol. The molecule has 0 radical (unpaired) electrons. The van der Waals surface area contributed by atoms with Crippen molar-refractivity contribution < 1.29 is 4.79 Å². The Hall–Kier alpha value is -0.570. The van der Waals surface area contributed by atoms with Crippen molar-refractivity contribution >= 4 is 5.91 Å². The van der Waals surface area contributed by atoms with Gasteiger partial charge in [0.2, 0.25) is 5.91 Å². The van der Waals surface area contributed by atoms with Crippen molar-refractivity contribution in [3.63, 3.8) is 0 Å². The zero-order valence-electron chi connectivity index (χ0n) is 14.9. The normalized spacial score (nSPS) is 22.1. The summed E-state index contributed by atoms with van der Waals surface area (Å²) in [5.41, 5.74) is 0. The molecule has 124 valence electrons. The van der Waals surface area contributed by atoms with Crippen LogP contribution in [0.1, 0.15) is 60.3 Å². The molecule has 3 heteroatoms. The number of nitrogens with zero attached hydrogens (tertiary/aromatic N) is 2. The summed E-state index contributed by atoms with van der Waals surface area (Å²) in [6, 6.07) is 0. The Morgan fingerprint density at radius 2 is 1.52 bits per heavy atom. The lowest BCUT2D eigenvalue weighted by molar-refractivity contribution is -0.138. The third kappa shape index (κ3) is 5.98. The maximum atomic E-state index is 12.5. The predicted octanol–water partition coefficient (Wildman–Crippen LogP) is 3.64. The van der Waals surface area contributed by atoms with Gasteiger partial charge in [-0.1, -0.05) is 34.6 Å². The number of amides is 1. The van der Waals surface area contributed by atoms with Gasteiger partial charge in [-0.25, -0.2) is 0 Å². The number of hydrogen-bond acceptors (Lipinski definition) is 2. The third-order valence-electron chi connectivity index (χ3n) is 4.66. The molecule has 0 aliphatic carbocycles. The van der Waals surface area contributed by atoms with Crippen molar-refractivity contribution in [3.8, 4) is 0 Å². The van der Waals surface area contributed by atoms with Crippen LogP contribution in [-0.4, -0.2) is 48.4 Å². The van der Waals surface area contributed by atoms with Gasteiger partial charge in [0, 0.05) is 25.6 Å². The van der Waals surface area contributed by atoms with Crippen LogP contribution in [0, 0.1) is 17.8 Å². The molecule has 2 rings (SSSR count). The third-order valence-corrected chi connectivity index (χ3v) is 4.66. The Labute approximate surface area is 132 Å². The molecule has 0 atom stereocenters. The molecule has 0 aromatic carbocycles. The molecule has 0 bridgehead atoms. The maximum Gasteiger partial charge on any atom is 0.225 e. The van der Waals surface area contributed by atoms with Crippen molar-refractivity contribution in [3.05, 3.63) is 0 Å². The van der Waals surface area contributed by atoms with Crippen LogP contribution in [0.5, 0.6) is 0 Å². The Morgan fingerprint density at radius 3 is 2.00 bits per heavy atom. The lowest BCUT2D eigenvalue weighted by atomic mass is 9.92. The second kappa shape index (κ2) is 9.45. The van der Waals surface area contributed by atoms with E-state index in [2.05, 4.69) is 30.6 Å². The second-order valence-electron chi connectivity index (χ2n) is 6.98. The van der Waals surface area contributed by atoms with E-state index in [0.717, 1.165) is 50.9 Å².